The molecule has 0 saturated heterocycles. The van der Waals surface area contributed by atoms with Crippen molar-refractivity contribution in [2.45, 2.75) is 64.8 Å². The predicted octanol–water partition coefficient (Wildman–Crippen LogP) is 3.58. The molecule has 0 aromatic heterocycles. The summed E-state index contributed by atoms with van der Waals surface area (Å²) < 4.78 is 0. The molecule has 0 atom stereocenters. The molecule has 1 saturated carbocycles. The largest absolute Gasteiger partial charge is 0.291 e. The molecule has 0 bridgehead atoms. The second kappa shape index (κ2) is 5.34. The summed E-state index contributed by atoms with van der Waals surface area (Å²) in [5.41, 5.74) is 1.25. The smallest absolute Gasteiger partial charge is 0.0498 e. The van der Waals surface area contributed by atoms with Crippen LogP contribution in [0.3, 0.4) is 0 Å². The SMILES string of the molecule is CC(C)=NC1CCCCCCC1. The van der Waals surface area contributed by atoms with Crippen LogP contribution < -0.4 is 0 Å². The minimum atomic E-state index is 0.648. The summed E-state index contributed by atoms with van der Waals surface area (Å²) in [5.74, 6) is 0. The van der Waals surface area contributed by atoms with Gasteiger partial charge >= 0.3 is 0 Å². The van der Waals surface area contributed by atoms with Gasteiger partial charge in [0.15, 0.2) is 0 Å². The molecule has 1 nitrogen and oxygen atoms in total. The van der Waals surface area contributed by atoms with Gasteiger partial charge in [-0.1, -0.05) is 32.1 Å². The van der Waals surface area contributed by atoms with Crippen molar-refractivity contribution in [2.75, 3.05) is 0 Å². The van der Waals surface area contributed by atoms with Gasteiger partial charge in [-0.15, -0.1) is 0 Å². The zero-order valence-corrected chi connectivity index (χ0v) is 8.47. The highest BCUT2D eigenvalue weighted by atomic mass is 14.8. The van der Waals surface area contributed by atoms with Gasteiger partial charge in [-0.25, -0.2) is 0 Å². The Bertz CT molecular complexity index is 137. The van der Waals surface area contributed by atoms with Crippen LogP contribution in [0.2, 0.25) is 0 Å². The van der Waals surface area contributed by atoms with Crippen molar-refractivity contribution in [1.29, 1.82) is 0 Å². The first-order valence-electron chi connectivity index (χ1n) is 5.30. The Kier molecular flexibility index (Phi) is 4.34. The lowest BCUT2D eigenvalue weighted by atomic mass is 9.97. The fraction of sp³-hybridized carbons (Fsp3) is 0.909. The molecule has 1 heteroatoms. The molecule has 0 amide bonds. The predicted molar refractivity (Wildman–Crippen MR) is 54.9 cm³/mol. The summed E-state index contributed by atoms with van der Waals surface area (Å²) >= 11 is 0. The van der Waals surface area contributed by atoms with Gasteiger partial charge in [-0.2, -0.15) is 0 Å². The molecular weight excluding hydrogens is 146 g/mol. The van der Waals surface area contributed by atoms with Gasteiger partial charge in [-0.3, -0.25) is 4.99 Å². The number of nitrogens with zero attached hydrogens (tertiary/aromatic N) is 1. The van der Waals surface area contributed by atoms with Gasteiger partial charge < -0.3 is 0 Å². The second-order valence-electron chi connectivity index (χ2n) is 4.08. The lowest BCUT2D eigenvalue weighted by molar-refractivity contribution is 0.455. The zero-order chi connectivity index (χ0) is 8.81. The monoisotopic (exact) mass is 167 g/mol. The Morgan fingerprint density at radius 1 is 0.917 bits per heavy atom. The molecule has 0 unspecified atom stereocenters. The normalized spacial score (nSPS) is 21.2. The van der Waals surface area contributed by atoms with Crippen LogP contribution in [0.15, 0.2) is 4.99 Å². The van der Waals surface area contributed by atoms with E-state index in [4.69, 9.17) is 0 Å². The Morgan fingerprint density at radius 2 is 1.42 bits per heavy atom. The molecule has 1 rings (SSSR count). The molecule has 1 fully saturated rings. The lowest BCUT2D eigenvalue weighted by Crippen LogP contribution is -2.08. The number of hydrogen-bond donors (Lipinski definition) is 0. The Morgan fingerprint density at radius 3 is 1.92 bits per heavy atom. The number of rotatable bonds is 1. The molecule has 0 aliphatic heterocycles. The van der Waals surface area contributed by atoms with E-state index in [0.29, 0.717) is 6.04 Å². The summed E-state index contributed by atoms with van der Waals surface area (Å²) in [4.78, 5) is 4.65. The molecule has 70 valence electrons. The van der Waals surface area contributed by atoms with Crippen molar-refractivity contribution >= 4 is 5.71 Å². The number of aliphatic imine (C=N–C) groups is 1. The van der Waals surface area contributed by atoms with Gasteiger partial charge in [0.1, 0.15) is 0 Å². The van der Waals surface area contributed by atoms with E-state index in [9.17, 15) is 0 Å². The van der Waals surface area contributed by atoms with E-state index < -0.39 is 0 Å². The molecular formula is C11H21N. The molecule has 0 spiro atoms. The summed E-state index contributed by atoms with van der Waals surface area (Å²) in [7, 11) is 0. The third kappa shape index (κ3) is 3.89. The van der Waals surface area contributed by atoms with Crippen molar-refractivity contribution < 1.29 is 0 Å². The minimum Gasteiger partial charge on any atom is -0.291 e. The van der Waals surface area contributed by atoms with Crippen LogP contribution in [-0.4, -0.2) is 11.8 Å². The molecule has 0 radical (unpaired) electrons. The standard InChI is InChI=1S/C11H21N/c1-10(2)12-11-8-6-4-3-5-7-9-11/h11H,3-9H2,1-2H3. The van der Waals surface area contributed by atoms with Crippen LogP contribution in [0, 0.1) is 0 Å². The average Bonchev–Trinajstić information content (AvgIpc) is 1.93. The van der Waals surface area contributed by atoms with E-state index >= 15 is 0 Å². The van der Waals surface area contributed by atoms with Crippen molar-refractivity contribution in [3.8, 4) is 0 Å². The van der Waals surface area contributed by atoms with Gasteiger partial charge in [0, 0.05) is 11.8 Å². The third-order valence-corrected chi connectivity index (χ3v) is 2.52. The molecule has 0 heterocycles. The fourth-order valence-electron chi connectivity index (χ4n) is 1.93. The summed E-state index contributed by atoms with van der Waals surface area (Å²) in [6.07, 6.45) is 9.73. The topological polar surface area (TPSA) is 12.4 Å². The van der Waals surface area contributed by atoms with Crippen LogP contribution in [0.4, 0.5) is 0 Å². The first-order valence-corrected chi connectivity index (χ1v) is 5.30. The second-order valence-corrected chi connectivity index (χ2v) is 4.08. The first-order chi connectivity index (χ1) is 5.79. The summed E-state index contributed by atoms with van der Waals surface area (Å²) in [6.45, 7) is 4.22. The Hall–Kier alpha value is -0.330. The Labute approximate surface area is 76.3 Å². The fourth-order valence-corrected chi connectivity index (χ4v) is 1.93. The highest BCUT2D eigenvalue weighted by Crippen LogP contribution is 2.19. The first kappa shape index (κ1) is 9.76. The van der Waals surface area contributed by atoms with E-state index in [1.807, 2.05) is 0 Å². The van der Waals surface area contributed by atoms with E-state index in [0.717, 1.165) is 0 Å². The Balaban J connectivity index is 2.34. The number of hydrogen-bond acceptors (Lipinski definition) is 1. The van der Waals surface area contributed by atoms with E-state index in [2.05, 4.69) is 18.8 Å². The van der Waals surface area contributed by atoms with Crippen LogP contribution in [0.5, 0.6) is 0 Å². The van der Waals surface area contributed by atoms with Gasteiger partial charge in [-0.05, 0) is 26.7 Å². The molecule has 1 aliphatic rings. The quantitative estimate of drug-likeness (QED) is 0.529. The summed E-state index contributed by atoms with van der Waals surface area (Å²) in [6, 6.07) is 0.648. The van der Waals surface area contributed by atoms with Crippen LogP contribution in [-0.2, 0) is 0 Å². The highest BCUT2D eigenvalue weighted by molar-refractivity contribution is 5.79. The van der Waals surface area contributed by atoms with Crippen LogP contribution >= 0.6 is 0 Å². The van der Waals surface area contributed by atoms with Gasteiger partial charge in [0.25, 0.3) is 0 Å². The van der Waals surface area contributed by atoms with Gasteiger partial charge in [0.2, 0.25) is 0 Å². The van der Waals surface area contributed by atoms with Crippen LogP contribution in [0.25, 0.3) is 0 Å². The molecule has 12 heavy (non-hydrogen) atoms. The van der Waals surface area contributed by atoms with E-state index in [1.165, 1.54) is 50.7 Å². The average molecular weight is 167 g/mol. The van der Waals surface area contributed by atoms with E-state index in [1.54, 1.807) is 0 Å². The van der Waals surface area contributed by atoms with Crippen molar-refractivity contribution in [2.24, 2.45) is 4.99 Å². The van der Waals surface area contributed by atoms with E-state index in [-0.39, 0.29) is 0 Å². The van der Waals surface area contributed by atoms with Crippen molar-refractivity contribution in [3.63, 3.8) is 0 Å². The minimum absolute atomic E-state index is 0.648. The zero-order valence-electron chi connectivity index (χ0n) is 8.47. The maximum absolute atomic E-state index is 4.65. The maximum atomic E-state index is 4.65. The summed E-state index contributed by atoms with van der Waals surface area (Å²) in [5, 5.41) is 0. The molecule has 0 aromatic rings. The molecule has 1 aliphatic carbocycles. The van der Waals surface area contributed by atoms with Crippen LogP contribution in [0.1, 0.15) is 58.8 Å². The lowest BCUT2D eigenvalue weighted by Gasteiger charge is -2.15. The highest BCUT2D eigenvalue weighted by Gasteiger charge is 2.08. The van der Waals surface area contributed by atoms with Crippen molar-refractivity contribution in [1.82, 2.24) is 0 Å². The van der Waals surface area contributed by atoms with Crippen molar-refractivity contribution in [3.05, 3.63) is 0 Å². The third-order valence-electron chi connectivity index (χ3n) is 2.52. The maximum Gasteiger partial charge on any atom is 0.0498 e. The molecule has 0 aromatic carbocycles. The van der Waals surface area contributed by atoms with Gasteiger partial charge in [0.05, 0.1) is 0 Å². The molecule has 0 N–H and O–H groups in total.